The van der Waals surface area contributed by atoms with Crippen LogP contribution >= 0.6 is 12.4 Å². The van der Waals surface area contributed by atoms with Crippen LogP contribution in [0.4, 0.5) is 0 Å². The Morgan fingerprint density at radius 1 is 1.13 bits per heavy atom. The summed E-state index contributed by atoms with van der Waals surface area (Å²) in [6.45, 7) is 3.12. The average Bonchev–Trinajstić information content (AvgIpc) is 2.58. The molecule has 1 atom stereocenters. The third kappa shape index (κ3) is 5.93. The molecule has 124 valence electrons. The second-order valence-electron chi connectivity index (χ2n) is 5.30. The maximum Gasteiger partial charge on any atom is 0.257 e. The normalized spacial score (nSPS) is 11.2. The fourth-order valence-electron chi connectivity index (χ4n) is 2.01. The third-order valence-electron chi connectivity index (χ3n) is 3.38. The van der Waals surface area contributed by atoms with Gasteiger partial charge in [0.05, 0.1) is 0 Å². The summed E-state index contributed by atoms with van der Waals surface area (Å²) in [7, 11) is 0. The van der Waals surface area contributed by atoms with Gasteiger partial charge in [-0.15, -0.1) is 12.4 Å². The first-order valence-corrected chi connectivity index (χ1v) is 7.44. The SMILES string of the molecule is CC(CN)CNC(=O)COc1ccccc1-c1ccccc1.Cl. The van der Waals surface area contributed by atoms with Gasteiger partial charge in [-0.2, -0.15) is 0 Å². The van der Waals surface area contributed by atoms with E-state index in [0.717, 1.165) is 11.1 Å². The Balaban J connectivity index is 0.00000264. The van der Waals surface area contributed by atoms with Gasteiger partial charge in [0.15, 0.2) is 6.61 Å². The Hall–Kier alpha value is -2.04. The molecule has 4 nitrogen and oxygen atoms in total. The number of hydrogen-bond donors (Lipinski definition) is 2. The fraction of sp³-hybridized carbons (Fsp3) is 0.278. The van der Waals surface area contributed by atoms with Crippen molar-refractivity contribution in [2.45, 2.75) is 6.92 Å². The van der Waals surface area contributed by atoms with Gasteiger partial charge in [-0.3, -0.25) is 4.79 Å². The number of ether oxygens (including phenoxy) is 1. The molecule has 2 aromatic carbocycles. The highest BCUT2D eigenvalue weighted by Crippen LogP contribution is 2.29. The Kier molecular flexibility index (Phi) is 8.16. The van der Waals surface area contributed by atoms with Crippen LogP contribution in [-0.2, 0) is 4.79 Å². The van der Waals surface area contributed by atoms with Crippen LogP contribution in [0.2, 0.25) is 0 Å². The van der Waals surface area contributed by atoms with Crippen LogP contribution in [0.5, 0.6) is 5.75 Å². The largest absolute Gasteiger partial charge is 0.483 e. The van der Waals surface area contributed by atoms with Gasteiger partial charge in [-0.1, -0.05) is 55.5 Å². The molecule has 23 heavy (non-hydrogen) atoms. The second kappa shape index (κ2) is 9.87. The molecule has 0 spiro atoms. The lowest BCUT2D eigenvalue weighted by Crippen LogP contribution is -2.34. The molecule has 0 fully saturated rings. The van der Waals surface area contributed by atoms with Gasteiger partial charge in [0.2, 0.25) is 0 Å². The zero-order valence-electron chi connectivity index (χ0n) is 13.2. The predicted molar refractivity (Wildman–Crippen MR) is 95.8 cm³/mol. The van der Waals surface area contributed by atoms with Gasteiger partial charge in [0.1, 0.15) is 5.75 Å². The van der Waals surface area contributed by atoms with E-state index in [1.807, 2.05) is 61.5 Å². The lowest BCUT2D eigenvalue weighted by Gasteiger charge is -2.13. The first-order chi connectivity index (χ1) is 10.7. The van der Waals surface area contributed by atoms with Gasteiger partial charge in [0.25, 0.3) is 5.91 Å². The topological polar surface area (TPSA) is 64.3 Å². The standard InChI is InChI=1S/C18H22N2O2.ClH/c1-14(11-19)12-20-18(21)13-22-17-10-6-5-9-16(17)15-7-3-2-4-8-15;/h2-10,14H,11-13,19H2,1H3,(H,20,21);1H. The maximum absolute atomic E-state index is 11.8. The molecule has 2 aromatic rings. The lowest BCUT2D eigenvalue weighted by molar-refractivity contribution is -0.123. The predicted octanol–water partition coefficient (Wildman–Crippen LogP) is 2.87. The molecule has 0 saturated carbocycles. The smallest absolute Gasteiger partial charge is 0.257 e. The van der Waals surface area contributed by atoms with E-state index >= 15 is 0 Å². The highest BCUT2D eigenvalue weighted by atomic mass is 35.5. The summed E-state index contributed by atoms with van der Waals surface area (Å²) in [6, 6.07) is 17.7. The third-order valence-corrected chi connectivity index (χ3v) is 3.38. The molecular formula is C18H23ClN2O2. The van der Waals surface area contributed by atoms with Crippen LogP contribution in [0.3, 0.4) is 0 Å². The van der Waals surface area contributed by atoms with Crippen LogP contribution in [0, 0.1) is 5.92 Å². The highest BCUT2D eigenvalue weighted by molar-refractivity contribution is 5.85. The van der Waals surface area contributed by atoms with Crippen molar-refractivity contribution in [2.75, 3.05) is 19.7 Å². The van der Waals surface area contributed by atoms with Crippen molar-refractivity contribution >= 4 is 18.3 Å². The average molecular weight is 335 g/mol. The Morgan fingerprint density at radius 3 is 2.48 bits per heavy atom. The number of hydrogen-bond acceptors (Lipinski definition) is 3. The molecule has 0 radical (unpaired) electrons. The number of rotatable bonds is 7. The van der Waals surface area contributed by atoms with E-state index in [4.69, 9.17) is 10.5 Å². The lowest BCUT2D eigenvalue weighted by atomic mass is 10.1. The van der Waals surface area contributed by atoms with Crippen molar-refractivity contribution in [2.24, 2.45) is 11.7 Å². The Labute approximate surface area is 143 Å². The monoisotopic (exact) mass is 334 g/mol. The molecule has 0 bridgehead atoms. The van der Waals surface area contributed by atoms with E-state index in [0.29, 0.717) is 18.8 Å². The number of para-hydroxylation sites is 1. The van der Waals surface area contributed by atoms with Crippen molar-refractivity contribution in [3.05, 3.63) is 54.6 Å². The zero-order chi connectivity index (χ0) is 15.8. The maximum atomic E-state index is 11.8. The molecule has 1 unspecified atom stereocenters. The number of carbonyl (C=O) groups excluding carboxylic acids is 1. The fourth-order valence-corrected chi connectivity index (χ4v) is 2.01. The second-order valence-corrected chi connectivity index (χ2v) is 5.30. The van der Waals surface area contributed by atoms with Gasteiger partial charge < -0.3 is 15.8 Å². The molecule has 5 heteroatoms. The number of halogens is 1. The minimum Gasteiger partial charge on any atom is -0.483 e. The number of amides is 1. The van der Waals surface area contributed by atoms with Crippen LogP contribution in [-0.4, -0.2) is 25.6 Å². The van der Waals surface area contributed by atoms with E-state index in [1.165, 1.54) is 0 Å². The summed E-state index contributed by atoms with van der Waals surface area (Å²) in [5.41, 5.74) is 7.57. The first-order valence-electron chi connectivity index (χ1n) is 7.44. The molecule has 0 saturated heterocycles. The van der Waals surface area contributed by atoms with Crippen molar-refractivity contribution in [1.82, 2.24) is 5.32 Å². The molecule has 0 aromatic heterocycles. The summed E-state index contributed by atoms with van der Waals surface area (Å²) in [5, 5.41) is 2.82. The van der Waals surface area contributed by atoms with E-state index < -0.39 is 0 Å². The molecule has 3 N–H and O–H groups in total. The summed E-state index contributed by atoms with van der Waals surface area (Å²) in [6.07, 6.45) is 0. The van der Waals surface area contributed by atoms with E-state index in [1.54, 1.807) is 0 Å². The Bertz CT molecular complexity index is 605. The summed E-state index contributed by atoms with van der Waals surface area (Å²) < 4.78 is 5.68. The van der Waals surface area contributed by atoms with E-state index in [9.17, 15) is 4.79 Å². The molecular weight excluding hydrogens is 312 g/mol. The van der Waals surface area contributed by atoms with Crippen molar-refractivity contribution in [1.29, 1.82) is 0 Å². The van der Waals surface area contributed by atoms with Gasteiger partial charge in [0, 0.05) is 12.1 Å². The van der Waals surface area contributed by atoms with Gasteiger partial charge in [-0.05, 0) is 24.1 Å². The summed E-state index contributed by atoms with van der Waals surface area (Å²) in [4.78, 5) is 11.8. The van der Waals surface area contributed by atoms with Crippen molar-refractivity contribution < 1.29 is 9.53 Å². The zero-order valence-corrected chi connectivity index (χ0v) is 14.0. The number of nitrogens with one attached hydrogen (secondary N) is 1. The number of nitrogens with two attached hydrogens (primary N) is 1. The van der Waals surface area contributed by atoms with E-state index in [2.05, 4.69) is 5.32 Å². The van der Waals surface area contributed by atoms with Gasteiger partial charge in [-0.25, -0.2) is 0 Å². The number of benzene rings is 2. The van der Waals surface area contributed by atoms with Crippen molar-refractivity contribution in [3.8, 4) is 16.9 Å². The molecule has 0 aliphatic carbocycles. The Morgan fingerprint density at radius 2 is 1.78 bits per heavy atom. The molecule has 0 aliphatic heterocycles. The van der Waals surface area contributed by atoms with Crippen LogP contribution in [0.1, 0.15) is 6.92 Å². The number of carbonyl (C=O) groups is 1. The minimum atomic E-state index is -0.136. The minimum absolute atomic E-state index is 0. The van der Waals surface area contributed by atoms with Crippen LogP contribution in [0.25, 0.3) is 11.1 Å². The van der Waals surface area contributed by atoms with Crippen LogP contribution < -0.4 is 15.8 Å². The molecule has 0 heterocycles. The molecule has 1 amide bonds. The van der Waals surface area contributed by atoms with E-state index in [-0.39, 0.29) is 30.8 Å². The molecule has 2 rings (SSSR count). The summed E-state index contributed by atoms with van der Waals surface area (Å²) >= 11 is 0. The van der Waals surface area contributed by atoms with Crippen molar-refractivity contribution in [3.63, 3.8) is 0 Å². The quantitative estimate of drug-likeness (QED) is 0.818. The van der Waals surface area contributed by atoms with Crippen LogP contribution in [0.15, 0.2) is 54.6 Å². The van der Waals surface area contributed by atoms with Gasteiger partial charge >= 0.3 is 0 Å². The molecule has 0 aliphatic rings. The highest BCUT2D eigenvalue weighted by Gasteiger charge is 2.08. The first kappa shape index (κ1) is 19.0. The summed E-state index contributed by atoms with van der Waals surface area (Å²) in [5.74, 6) is 0.833.